The largest absolute Gasteiger partial charge is 0.347 e. The fraction of sp³-hybridized carbons (Fsp3) is 0.462. The Morgan fingerprint density at radius 1 is 1.29 bits per heavy atom. The van der Waals surface area contributed by atoms with E-state index < -0.39 is 15.9 Å². The van der Waals surface area contributed by atoms with Crippen molar-refractivity contribution >= 4 is 39.1 Å². The first-order chi connectivity index (χ1) is 9.64. The molecule has 0 atom stereocenters. The summed E-state index contributed by atoms with van der Waals surface area (Å²) in [5.41, 5.74) is -0.376. The number of amides is 1. The quantitative estimate of drug-likeness (QED) is 0.877. The molecular weight excluding hydrogens is 335 g/mol. The van der Waals surface area contributed by atoms with Gasteiger partial charge in [0.25, 0.3) is 5.91 Å². The highest BCUT2D eigenvalue weighted by atomic mass is 35.5. The molecule has 1 amide bonds. The molecule has 0 bridgehead atoms. The minimum absolute atomic E-state index is 0.0574. The Morgan fingerprint density at radius 3 is 2.38 bits per heavy atom. The molecule has 1 saturated carbocycles. The normalized spacial score (nSPS) is 17.7. The van der Waals surface area contributed by atoms with E-state index in [2.05, 4.69) is 5.32 Å². The second-order valence-electron chi connectivity index (χ2n) is 5.50. The average molecular weight is 351 g/mol. The minimum Gasteiger partial charge on any atom is -0.347 e. The van der Waals surface area contributed by atoms with E-state index in [1.165, 1.54) is 12.1 Å². The number of nitrogens with one attached hydrogen (secondary N) is 1. The van der Waals surface area contributed by atoms with Gasteiger partial charge < -0.3 is 5.32 Å². The number of benzene rings is 1. The summed E-state index contributed by atoms with van der Waals surface area (Å²) in [6, 6.07) is 2.49. The first kappa shape index (κ1) is 16.5. The number of hydrogen-bond acceptors (Lipinski definition) is 3. The van der Waals surface area contributed by atoms with Crippen LogP contribution in [0.25, 0.3) is 0 Å². The number of sulfonamides is 1. The van der Waals surface area contributed by atoms with Gasteiger partial charge in [0.15, 0.2) is 0 Å². The maximum absolute atomic E-state index is 12.4. The van der Waals surface area contributed by atoms with E-state index in [9.17, 15) is 13.2 Å². The summed E-state index contributed by atoms with van der Waals surface area (Å²) >= 11 is 12.0. The molecule has 1 aromatic rings. The van der Waals surface area contributed by atoms with Crippen molar-refractivity contribution in [3.8, 4) is 0 Å². The van der Waals surface area contributed by atoms with Crippen LogP contribution in [-0.4, -0.2) is 19.9 Å². The van der Waals surface area contributed by atoms with Gasteiger partial charge >= 0.3 is 0 Å². The van der Waals surface area contributed by atoms with Gasteiger partial charge in [0.05, 0.1) is 15.6 Å². The van der Waals surface area contributed by atoms with E-state index in [0.29, 0.717) is 0 Å². The Hall–Kier alpha value is -0.820. The zero-order chi connectivity index (χ0) is 15.8. The standard InChI is InChI=1S/C13H16Cl2N2O3S/c1-13(6-2-3-7-13)17-12(18)10-8(14)4-5-9(11(10)15)21(16,19)20/h4-5H,2-3,6-7H2,1H3,(H,17,18)(H2,16,19,20). The number of nitrogens with two attached hydrogens (primary N) is 1. The van der Waals surface area contributed by atoms with Crippen molar-refractivity contribution < 1.29 is 13.2 Å². The third-order valence-corrected chi connectivity index (χ3v) is 5.48. The number of carbonyl (C=O) groups excluding carboxylic acids is 1. The Bertz CT molecular complexity index is 683. The summed E-state index contributed by atoms with van der Waals surface area (Å²) in [7, 11) is -4.02. The molecule has 5 nitrogen and oxygen atoms in total. The van der Waals surface area contributed by atoms with Crippen LogP contribution in [-0.2, 0) is 10.0 Å². The van der Waals surface area contributed by atoms with Gasteiger partial charge in [0.1, 0.15) is 4.90 Å². The molecule has 0 spiro atoms. The summed E-state index contributed by atoms with van der Waals surface area (Å²) < 4.78 is 22.9. The van der Waals surface area contributed by atoms with E-state index in [1.807, 2.05) is 6.92 Å². The second-order valence-corrected chi connectivity index (χ2v) is 7.82. The molecule has 1 aliphatic rings. The highest BCUT2D eigenvalue weighted by Crippen LogP contribution is 2.33. The minimum atomic E-state index is -4.02. The van der Waals surface area contributed by atoms with E-state index in [0.717, 1.165) is 25.7 Å². The maximum Gasteiger partial charge on any atom is 0.254 e. The fourth-order valence-electron chi connectivity index (χ4n) is 2.58. The monoisotopic (exact) mass is 350 g/mol. The van der Waals surface area contributed by atoms with Crippen LogP contribution in [0, 0.1) is 0 Å². The Morgan fingerprint density at radius 2 is 1.86 bits per heavy atom. The molecule has 3 N–H and O–H groups in total. The van der Waals surface area contributed by atoms with Crippen LogP contribution in [0.15, 0.2) is 17.0 Å². The van der Waals surface area contributed by atoms with E-state index in [-0.39, 0.29) is 26.0 Å². The van der Waals surface area contributed by atoms with Crippen molar-refractivity contribution in [1.82, 2.24) is 5.32 Å². The van der Waals surface area contributed by atoms with E-state index >= 15 is 0 Å². The molecule has 21 heavy (non-hydrogen) atoms. The Labute approximate surface area is 133 Å². The molecule has 0 saturated heterocycles. The highest BCUT2D eigenvalue weighted by Gasteiger charge is 2.32. The summed E-state index contributed by atoms with van der Waals surface area (Å²) in [4.78, 5) is 12.1. The van der Waals surface area contributed by atoms with Crippen molar-refractivity contribution in [2.75, 3.05) is 0 Å². The Balaban J connectivity index is 2.41. The van der Waals surface area contributed by atoms with Gasteiger partial charge in [-0.2, -0.15) is 0 Å². The van der Waals surface area contributed by atoms with Crippen LogP contribution in [0.4, 0.5) is 0 Å². The zero-order valence-electron chi connectivity index (χ0n) is 11.4. The molecule has 0 aliphatic heterocycles. The van der Waals surface area contributed by atoms with Crippen molar-refractivity contribution in [3.63, 3.8) is 0 Å². The number of rotatable bonds is 3. The lowest BCUT2D eigenvalue weighted by atomic mass is 10.00. The van der Waals surface area contributed by atoms with Crippen LogP contribution in [0.1, 0.15) is 43.0 Å². The summed E-state index contributed by atoms with van der Waals surface area (Å²) in [5, 5.41) is 7.81. The molecule has 0 heterocycles. The van der Waals surface area contributed by atoms with E-state index in [4.69, 9.17) is 28.3 Å². The van der Waals surface area contributed by atoms with Crippen LogP contribution >= 0.6 is 23.2 Å². The first-order valence-corrected chi connectivity index (χ1v) is 8.78. The lowest BCUT2D eigenvalue weighted by molar-refractivity contribution is 0.0908. The number of halogens is 2. The van der Waals surface area contributed by atoms with Gasteiger partial charge in [0.2, 0.25) is 10.0 Å². The number of carbonyl (C=O) groups is 1. The maximum atomic E-state index is 12.4. The lowest BCUT2D eigenvalue weighted by Crippen LogP contribution is -2.43. The number of primary sulfonamides is 1. The SMILES string of the molecule is CC1(NC(=O)c2c(Cl)ccc(S(N)(=O)=O)c2Cl)CCCC1. The molecule has 1 aromatic carbocycles. The van der Waals surface area contributed by atoms with Gasteiger partial charge in [-0.25, -0.2) is 13.6 Å². The summed E-state index contributed by atoms with van der Waals surface area (Å²) in [6.45, 7) is 1.95. The topological polar surface area (TPSA) is 89.3 Å². The van der Waals surface area contributed by atoms with Crippen LogP contribution in [0.3, 0.4) is 0 Å². The van der Waals surface area contributed by atoms with Gasteiger partial charge in [-0.3, -0.25) is 4.79 Å². The third kappa shape index (κ3) is 3.51. The van der Waals surface area contributed by atoms with E-state index in [1.54, 1.807) is 0 Å². The van der Waals surface area contributed by atoms with Crippen molar-refractivity contribution in [2.24, 2.45) is 5.14 Å². The third-order valence-electron chi connectivity index (χ3n) is 3.71. The molecule has 1 fully saturated rings. The summed E-state index contributed by atoms with van der Waals surface area (Å²) in [6.07, 6.45) is 3.80. The van der Waals surface area contributed by atoms with Crippen LogP contribution in [0.2, 0.25) is 10.0 Å². The van der Waals surface area contributed by atoms with Gasteiger partial charge in [0, 0.05) is 5.54 Å². The van der Waals surface area contributed by atoms with Gasteiger partial charge in [-0.1, -0.05) is 36.0 Å². The average Bonchev–Trinajstić information content (AvgIpc) is 2.73. The molecule has 2 rings (SSSR count). The van der Waals surface area contributed by atoms with Crippen molar-refractivity contribution in [2.45, 2.75) is 43.0 Å². The molecule has 0 unspecified atom stereocenters. The predicted molar refractivity (Wildman–Crippen MR) is 82.2 cm³/mol. The molecule has 0 radical (unpaired) electrons. The smallest absolute Gasteiger partial charge is 0.254 e. The molecule has 0 aromatic heterocycles. The van der Waals surface area contributed by atoms with Crippen molar-refractivity contribution in [3.05, 3.63) is 27.7 Å². The van der Waals surface area contributed by atoms with Gasteiger partial charge in [-0.05, 0) is 31.9 Å². The highest BCUT2D eigenvalue weighted by molar-refractivity contribution is 7.89. The van der Waals surface area contributed by atoms with Crippen LogP contribution in [0.5, 0.6) is 0 Å². The Kier molecular flexibility index (Phi) is 4.54. The molecule has 8 heteroatoms. The zero-order valence-corrected chi connectivity index (χ0v) is 13.8. The lowest BCUT2D eigenvalue weighted by Gasteiger charge is -2.26. The second kappa shape index (κ2) is 5.76. The fourth-order valence-corrected chi connectivity index (χ4v) is 4.05. The molecule has 1 aliphatic carbocycles. The first-order valence-electron chi connectivity index (χ1n) is 6.47. The van der Waals surface area contributed by atoms with Crippen LogP contribution < -0.4 is 10.5 Å². The predicted octanol–water partition coefficient (Wildman–Crippen LogP) is 2.70. The number of hydrogen-bond donors (Lipinski definition) is 2. The summed E-state index contributed by atoms with van der Waals surface area (Å²) in [5.74, 6) is -0.486. The van der Waals surface area contributed by atoms with Crippen molar-refractivity contribution in [1.29, 1.82) is 0 Å². The van der Waals surface area contributed by atoms with Gasteiger partial charge in [-0.15, -0.1) is 0 Å². The molecule has 116 valence electrons. The molecular formula is C13H16Cl2N2O3S.